The summed E-state index contributed by atoms with van der Waals surface area (Å²) in [7, 11) is 0. The third-order valence-corrected chi connectivity index (χ3v) is 5.99. The van der Waals surface area contributed by atoms with Crippen LogP contribution in [0.4, 0.5) is 17.6 Å². The molecule has 0 spiro atoms. The van der Waals surface area contributed by atoms with Crippen LogP contribution in [0.2, 0.25) is 0 Å². The van der Waals surface area contributed by atoms with E-state index in [2.05, 4.69) is 10.6 Å². The van der Waals surface area contributed by atoms with Crippen LogP contribution in [0.3, 0.4) is 0 Å². The van der Waals surface area contributed by atoms with E-state index in [1.54, 1.807) is 13.0 Å². The third kappa shape index (κ3) is 6.29. The number of rotatable bonds is 6. The molecule has 1 amide bonds. The van der Waals surface area contributed by atoms with E-state index in [0.717, 1.165) is 43.4 Å². The van der Waals surface area contributed by atoms with Crippen LogP contribution in [0.1, 0.15) is 58.3 Å². The molecule has 1 aliphatic rings. The van der Waals surface area contributed by atoms with E-state index in [0.29, 0.717) is 24.2 Å². The smallest absolute Gasteiger partial charge is 0.352 e. The Morgan fingerprint density at radius 3 is 2.42 bits per heavy atom. The van der Waals surface area contributed by atoms with E-state index < -0.39 is 17.6 Å². The molecule has 7 heteroatoms. The van der Waals surface area contributed by atoms with Crippen LogP contribution in [-0.4, -0.2) is 18.5 Å². The Bertz CT molecular complexity index is 898. The van der Waals surface area contributed by atoms with Crippen molar-refractivity contribution in [2.45, 2.75) is 58.3 Å². The Morgan fingerprint density at radius 1 is 1.06 bits per heavy atom. The Balaban J connectivity index is 1.46. The van der Waals surface area contributed by atoms with Gasteiger partial charge in [-0.3, -0.25) is 4.79 Å². The van der Waals surface area contributed by atoms with Crippen LogP contribution in [0.25, 0.3) is 0 Å². The highest BCUT2D eigenvalue weighted by molar-refractivity contribution is 5.94. The second-order valence-electron chi connectivity index (χ2n) is 8.43. The molecule has 0 aromatic heterocycles. The molecule has 0 unspecified atom stereocenters. The third-order valence-electron chi connectivity index (χ3n) is 5.99. The summed E-state index contributed by atoms with van der Waals surface area (Å²) in [4.78, 5) is 12.4. The molecule has 0 saturated heterocycles. The Morgan fingerprint density at radius 2 is 1.77 bits per heavy atom. The Hall–Kier alpha value is -2.41. The molecule has 2 aromatic rings. The van der Waals surface area contributed by atoms with Crippen LogP contribution < -0.4 is 10.6 Å². The van der Waals surface area contributed by atoms with Crippen molar-refractivity contribution >= 4 is 5.91 Å². The van der Waals surface area contributed by atoms with E-state index in [1.807, 2.05) is 13.0 Å². The summed E-state index contributed by atoms with van der Waals surface area (Å²) in [5.41, 5.74) is 1.23. The maximum atomic E-state index is 14.0. The zero-order chi connectivity index (χ0) is 22.6. The predicted molar refractivity (Wildman–Crippen MR) is 112 cm³/mol. The van der Waals surface area contributed by atoms with Gasteiger partial charge in [0.25, 0.3) is 5.91 Å². The topological polar surface area (TPSA) is 41.1 Å². The van der Waals surface area contributed by atoms with Gasteiger partial charge in [0, 0.05) is 30.3 Å². The average molecular weight is 436 g/mol. The molecule has 0 bridgehead atoms. The highest BCUT2D eigenvalue weighted by Gasteiger charge is 2.31. The van der Waals surface area contributed by atoms with Crippen LogP contribution in [0, 0.1) is 25.6 Å². The van der Waals surface area contributed by atoms with Gasteiger partial charge in [0.15, 0.2) is 0 Å². The van der Waals surface area contributed by atoms with E-state index in [9.17, 15) is 22.4 Å². The molecule has 1 saturated carbocycles. The zero-order valence-corrected chi connectivity index (χ0v) is 17.8. The van der Waals surface area contributed by atoms with Crippen molar-refractivity contribution < 1.29 is 22.4 Å². The second-order valence-corrected chi connectivity index (χ2v) is 8.43. The first-order valence-corrected chi connectivity index (χ1v) is 10.6. The van der Waals surface area contributed by atoms with Crippen LogP contribution in [-0.2, 0) is 12.7 Å². The second kappa shape index (κ2) is 9.81. The molecule has 2 N–H and O–H groups in total. The molecule has 168 valence electrons. The normalized spacial score (nSPS) is 19.3. The number of amides is 1. The highest BCUT2D eigenvalue weighted by atomic mass is 19.4. The number of carbonyl (C=O) groups is 1. The van der Waals surface area contributed by atoms with Crippen molar-refractivity contribution in [1.29, 1.82) is 0 Å². The number of carbonyl (C=O) groups excluding carboxylic acids is 1. The minimum atomic E-state index is -4.48. The number of hydrogen-bond donors (Lipinski definition) is 2. The molecule has 0 heterocycles. The summed E-state index contributed by atoms with van der Waals surface area (Å²) < 4.78 is 52.9. The van der Waals surface area contributed by atoms with Gasteiger partial charge in [0.05, 0.1) is 5.56 Å². The molecule has 31 heavy (non-hydrogen) atoms. The minimum absolute atomic E-state index is 0.0305. The number of aryl methyl sites for hydroxylation is 2. The summed E-state index contributed by atoms with van der Waals surface area (Å²) in [6, 6.07) is 8.75. The van der Waals surface area contributed by atoms with Gasteiger partial charge in [-0.2, -0.15) is 13.2 Å². The molecule has 2 aromatic carbocycles. The maximum Gasteiger partial charge on any atom is 0.416 e. The fraction of sp³-hybridized carbons (Fsp3) is 0.458. The number of nitrogens with one attached hydrogen (secondary N) is 2. The van der Waals surface area contributed by atoms with Gasteiger partial charge in [0.2, 0.25) is 0 Å². The Kier molecular flexibility index (Phi) is 7.36. The molecule has 0 atom stereocenters. The van der Waals surface area contributed by atoms with E-state index in [-0.39, 0.29) is 23.3 Å². The van der Waals surface area contributed by atoms with Crippen molar-refractivity contribution in [3.63, 3.8) is 0 Å². The van der Waals surface area contributed by atoms with Gasteiger partial charge >= 0.3 is 6.18 Å². The SMILES string of the molecule is Cc1cc(C(=O)NCC2CCC(NCc3c(C)cccc3F)CC2)cc(C(F)(F)F)c1. The van der Waals surface area contributed by atoms with Gasteiger partial charge in [-0.25, -0.2) is 4.39 Å². The highest BCUT2D eigenvalue weighted by Crippen LogP contribution is 2.31. The summed E-state index contributed by atoms with van der Waals surface area (Å²) in [6.07, 6.45) is -0.854. The number of benzene rings is 2. The summed E-state index contributed by atoms with van der Waals surface area (Å²) in [6.45, 7) is 4.36. The number of alkyl halides is 3. The van der Waals surface area contributed by atoms with Crippen molar-refractivity contribution in [3.05, 3.63) is 70.0 Å². The van der Waals surface area contributed by atoms with Crippen molar-refractivity contribution in [2.24, 2.45) is 5.92 Å². The number of hydrogen-bond acceptors (Lipinski definition) is 2. The lowest BCUT2D eigenvalue weighted by Crippen LogP contribution is -2.37. The molecular weight excluding hydrogens is 408 g/mol. The quantitative estimate of drug-likeness (QED) is 0.584. The van der Waals surface area contributed by atoms with Gasteiger partial charge in [-0.15, -0.1) is 0 Å². The standard InChI is InChI=1S/C24H28F4N2O/c1-15-10-18(12-19(11-15)24(26,27)28)23(31)30-13-17-6-8-20(9-7-17)29-14-21-16(2)4-3-5-22(21)25/h3-5,10-12,17,20,29H,6-9,13-14H2,1-2H3,(H,30,31). The summed E-state index contributed by atoms with van der Waals surface area (Å²) >= 11 is 0. The van der Waals surface area contributed by atoms with Gasteiger partial charge in [-0.1, -0.05) is 12.1 Å². The summed E-state index contributed by atoms with van der Waals surface area (Å²) in [5.74, 6) is -0.401. The lowest BCUT2D eigenvalue weighted by atomic mass is 9.86. The van der Waals surface area contributed by atoms with Crippen LogP contribution in [0.5, 0.6) is 0 Å². The molecule has 0 radical (unpaired) electrons. The monoisotopic (exact) mass is 436 g/mol. The van der Waals surface area contributed by atoms with E-state index >= 15 is 0 Å². The molecule has 1 aliphatic carbocycles. The summed E-state index contributed by atoms with van der Waals surface area (Å²) in [5, 5.41) is 6.21. The van der Waals surface area contributed by atoms with Crippen LogP contribution in [0.15, 0.2) is 36.4 Å². The maximum absolute atomic E-state index is 14.0. The number of halogens is 4. The fourth-order valence-corrected chi connectivity index (χ4v) is 4.12. The largest absolute Gasteiger partial charge is 0.416 e. The predicted octanol–water partition coefficient (Wildman–Crippen LogP) is 5.54. The first-order valence-electron chi connectivity index (χ1n) is 10.6. The minimum Gasteiger partial charge on any atom is -0.352 e. The average Bonchev–Trinajstić information content (AvgIpc) is 2.71. The molecular formula is C24H28F4N2O. The van der Waals surface area contributed by atoms with E-state index in [1.165, 1.54) is 12.1 Å². The van der Waals surface area contributed by atoms with Crippen LogP contribution >= 0.6 is 0 Å². The first kappa shape index (κ1) is 23.3. The van der Waals surface area contributed by atoms with Gasteiger partial charge < -0.3 is 10.6 Å². The van der Waals surface area contributed by atoms with E-state index in [4.69, 9.17) is 0 Å². The molecule has 3 rings (SSSR count). The van der Waals surface area contributed by atoms with Gasteiger partial charge in [-0.05, 0) is 80.8 Å². The first-order chi connectivity index (χ1) is 14.6. The van der Waals surface area contributed by atoms with Crippen molar-refractivity contribution in [1.82, 2.24) is 10.6 Å². The lowest BCUT2D eigenvalue weighted by Gasteiger charge is -2.29. The van der Waals surface area contributed by atoms with Gasteiger partial charge in [0.1, 0.15) is 5.82 Å². The zero-order valence-electron chi connectivity index (χ0n) is 17.8. The van der Waals surface area contributed by atoms with Crippen molar-refractivity contribution in [2.75, 3.05) is 6.54 Å². The van der Waals surface area contributed by atoms with Crippen molar-refractivity contribution in [3.8, 4) is 0 Å². The lowest BCUT2D eigenvalue weighted by molar-refractivity contribution is -0.137. The Labute approximate surface area is 180 Å². The molecule has 3 nitrogen and oxygen atoms in total. The molecule has 0 aliphatic heterocycles. The fourth-order valence-electron chi connectivity index (χ4n) is 4.12. The molecule has 1 fully saturated rings.